The first-order valence-corrected chi connectivity index (χ1v) is 14.6. The van der Waals surface area contributed by atoms with E-state index in [4.69, 9.17) is 0 Å². The molecule has 4 aromatic rings. The Labute approximate surface area is 256 Å². The summed E-state index contributed by atoms with van der Waals surface area (Å²) in [7, 11) is 2.08. The molecule has 0 spiro atoms. The molecule has 226 valence electrons. The molecule has 8 nitrogen and oxygen atoms in total. The summed E-state index contributed by atoms with van der Waals surface area (Å²) in [6.07, 6.45) is -0.166. The highest BCUT2D eigenvalue weighted by atomic mass is 19.1. The number of carbonyl (C=O) groups is 3. The van der Waals surface area contributed by atoms with Crippen molar-refractivity contribution in [3.63, 3.8) is 0 Å². The zero-order valence-electron chi connectivity index (χ0n) is 24.6. The number of carboxylic acid groups (broad SMARTS) is 1. The van der Waals surface area contributed by atoms with Crippen LogP contribution in [-0.2, 0) is 11.3 Å². The lowest BCUT2D eigenvalue weighted by Crippen LogP contribution is -2.44. The highest BCUT2D eigenvalue weighted by Crippen LogP contribution is 2.33. The number of anilines is 2. The van der Waals surface area contributed by atoms with E-state index < -0.39 is 17.7 Å². The third-order valence-electron chi connectivity index (χ3n) is 7.71. The molecule has 0 atom stereocenters. The Bertz CT molecular complexity index is 1640. The summed E-state index contributed by atoms with van der Waals surface area (Å²) in [6.45, 7) is 3.69. The zero-order valence-corrected chi connectivity index (χ0v) is 24.6. The largest absolute Gasteiger partial charge is 0.481 e. The number of aliphatic carboxylic acids is 1. The van der Waals surface area contributed by atoms with Crippen molar-refractivity contribution in [3.8, 4) is 11.1 Å². The predicted molar refractivity (Wildman–Crippen MR) is 169 cm³/mol. The average molecular weight is 595 g/mol. The number of benzene rings is 4. The van der Waals surface area contributed by atoms with Gasteiger partial charge in [-0.15, -0.1) is 0 Å². The minimum atomic E-state index is -0.974. The number of nitrogens with one attached hydrogen (secondary N) is 1. The molecular weight excluding hydrogens is 559 g/mol. The lowest BCUT2D eigenvalue weighted by Gasteiger charge is -2.35. The third-order valence-corrected chi connectivity index (χ3v) is 7.71. The number of piperazine rings is 1. The van der Waals surface area contributed by atoms with E-state index in [1.54, 1.807) is 35.2 Å². The van der Waals surface area contributed by atoms with Crippen molar-refractivity contribution in [3.05, 3.63) is 120 Å². The topological polar surface area (TPSA) is 93.2 Å². The Morgan fingerprint density at radius 3 is 2.25 bits per heavy atom. The number of hydrogen-bond donors (Lipinski definition) is 2. The SMILES string of the molecule is CN1CCN(c2ccc(-c3cccc(CN(CCC(=O)O)C(=O)c4ccccc4)c3)cc2NC(=O)c2cccc(F)c2)CC1. The summed E-state index contributed by atoms with van der Waals surface area (Å²) in [5, 5.41) is 12.3. The predicted octanol–water partition coefficient (Wildman–Crippen LogP) is 5.61. The van der Waals surface area contributed by atoms with Gasteiger partial charge >= 0.3 is 5.97 Å². The fraction of sp³-hybridized carbons (Fsp3) is 0.229. The molecule has 1 fully saturated rings. The van der Waals surface area contributed by atoms with Gasteiger partial charge in [0.25, 0.3) is 11.8 Å². The van der Waals surface area contributed by atoms with Gasteiger partial charge in [0.2, 0.25) is 0 Å². The van der Waals surface area contributed by atoms with E-state index >= 15 is 0 Å². The monoisotopic (exact) mass is 594 g/mol. The normalized spacial score (nSPS) is 13.4. The molecule has 1 saturated heterocycles. The molecule has 1 aliphatic heterocycles. The fourth-order valence-electron chi connectivity index (χ4n) is 5.28. The van der Waals surface area contributed by atoms with Crippen LogP contribution in [0.25, 0.3) is 11.1 Å². The van der Waals surface area contributed by atoms with Crippen LogP contribution in [0.4, 0.5) is 15.8 Å². The van der Waals surface area contributed by atoms with E-state index in [1.807, 2.05) is 48.5 Å². The van der Waals surface area contributed by atoms with Gasteiger partial charge in [-0.1, -0.05) is 48.5 Å². The van der Waals surface area contributed by atoms with Crippen LogP contribution in [0.3, 0.4) is 0 Å². The number of rotatable bonds is 10. The molecule has 9 heteroatoms. The molecule has 0 bridgehead atoms. The number of halogens is 1. The second kappa shape index (κ2) is 14.0. The Kier molecular flexibility index (Phi) is 9.66. The Morgan fingerprint density at radius 2 is 1.52 bits per heavy atom. The molecule has 4 aromatic carbocycles. The Morgan fingerprint density at radius 1 is 0.818 bits per heavy atom. The first-order chi connectivity index (χ1) is 21.3. The summed E-state index contributed by atoms with van der Waals surface area (Å²) in [5.74, 6) is -2.10. The molecule has 5 rings (SSSR count). The van der Waals surface area contributed by atoms with Gasteiger partial charge in [0.15, 0.2) is 0 Å². The molecular formula is C35H35FN4O4. The van der Waals surface area contributed by atoms with E-state index in [0.717, 1.165) is 48.6 Å². The van der Waals surface area contributed by atoms with Crippen LogP contribution < -0.4 is 10.2 Å². The van der Waals surface area contributed by atoms with Crippen molar-refractivity contribution >= 4 is 29.2 Å². The van der Waals surface area contributed by atoms with Crippen molar-refractivity contribution in [1.29, 1.82) is 0 Å². The van der Waals surface area contributed by atoms with Crippen molar-refractivity contribution < 1.29 is 23.9 Å². The van der Waals surface area contributed by atoms with Crippen molar-refractivity contribution in [2.75, 3.05) is 50.0 Å². The quantitative estimate of drug-likeness (QED) is 0.248. The molecule has 0 aliphatic carbocycles. The van der Waals surface area contributed by atoms with Gasteiger partial charge in [0.1, 0.15) is 5.82 Å². The summed E-state index contributed by atoms with van der Waals surface area (Å²) < 4.78 is 13.9. The van der Waals surface area contributed by atoms with E-state index in [-0.39, 0.29) is 31.0 Å². The molecule has 2 amide bonds. The third kappa shape index (κ3) is 7.67. The summed E-state index contributed by atoms with van der Waals surface area (Å²) in [4.78, 5) is 43.8. The number of likely N-dealkylation sites (N-methyl/N-ethyl adjacent to an activating group) is 1. The number of hydrogen-bond acceptors (Lipinski definition) is 5. The first kappa shape index (κ1) is 30.4. The van der Waals surface area contributed by atoms with Crippen LogP contribution >= 0.6 is 0 Å². The lowest BCUT2D eigenvalue weighted by atomic mass is 10.0. The smallest absolute Gasteiger partial charge is 0.305 e. The summed E-state index contributed by atoms with van der Waals surface area (Å²) in [6, 6.07) is 28.0. The van der Waals surface area contributed by atoms with Crippen LogP contribution in [0.1, 0.15) is 32.7 Å². The molecule has 44 heavy (non-hydrogen) atoms. The molecule has 2 N–H and O–H groups in total. The number of carbonyl (C=O) groups excluding carboxylic acids is 2. The molecule has 0 saturated carbocycles. The first-order valence-electron chi connectivity index (χ1n) is 14.6. The Balaban J connectivity index is 1.44. The summed E-state index contributed by atoms with van der Waals surface area (Å²) in [5.41, 5.74) is 4.79. The average Bonchev–Trinajstić information content (AvgIpc) is 3.03. The maximum Gasteiger partial charge on any atom is 0.305 e. The molecule has 0 aromatic heterocycles. The van der Waals surface area contributed by atoms with Crippen LogP contribution in [-0.4, -0.2) is 72.5 Å². The van der Waals surface area contributed by atoms with Gasteiger partial charge in [-0.05, 0) is 72.3 Å². The maximum atomic E-state index is 13.9. The lowest BCUT2D eigenvalue weighted by molar-refractivity contribution is -0.137. The minimum absolute atomic E-state index is 0.0727. The molecule has 1 aliphatic rings. The highest BCUT2D eigenvalue weighted by molar-refractivity contribution is 6.06. The standard InChI is InChI=1S/C35H35FN4O4/c1-38-17-19-39(20-18-38)32-14-13-28(23-31(32)37-34(43)29-11-6-12-30(36)22-29)27-10-5-7-25(21-27)24-40(16-15-33(41)42)35(44)26-8-3-2-4-9-26/h2-14,21-23H,15-20,24H2,1H3,(H,37,43)(H,41,42). The van der Waals surface area contributed by atoms with Crippen molar-refractivity contribution in [2.45, 2.75) is 13.0 Å². The van der Waals surface area contributed by atoms with Crippen LogP contribution in [0.5, 0.6) is 0 Å². The van der Waals surface area contributed by atoms with Crippen molar-refractivity contribution in [1.82, 2.24) is 9.80 Å². The summed E-state index contributed by atoms with van der Waals surface area (Å²) >= 11 is 0. The van der Waals surface area contributed by atoms with Gasteiger partial charge in [-0.3, -0.25) is 14.4 Å². The second-order valence-corrected chi connectivity index (χ2v) is 10.9. The van der Waals surface area contributed by atoms with Crippen LogP contribution in [0.2, 0.25) is 0 Å². The van der Waals surface area contributed by atoms with Gasteiger partial charge in [0, 0.05) is 50.4 Å². The fourth-order valence-corrected chi connectivity index (χ4v) is 5.28. The number of carboxylic acids is 1. The van der Waals surface area contributed by atoms with Crippen LogP contribution in [0.15, 0.2) is 97.1 Å². The zero-order chi connectivity index (χ0) is 31.1. The molecule has 0 radical (unpaired) electrons. The maximum absolute atomic E-state index is 13.9. The number of nitrogens with zero attached hydrogens (tertiary/aromatic N) is 3. The molecule has 1 heterocycles. The van der Waals surface area contributed by atoms with Crippen LogP contribution in [0, 0.1) is 5.82 Å². The minimum Gasteiger partial charge on any atom is -0.481 e. The van der Waals surface area contributed by atoms with Gasteiger partial charge in [-0.25, -0.2) is 4.39 Å². The van der Waals surface area contributed by atoms with Crippen molar-refractivity contribution in [2.24, 2.45) is 0 Å². The Hall–Kier alpha value is -5.02. The number of amides is 2. The van der Waals surface area contributed by atoms with Gasteiger partial charge in [0.05, 0.1) is 17.8 Å². The second-order valence-electron chi connectivity index (χ2n) is 10.9. The highest BCUT2D eigenvalue weighted by Gasteiger charge is 2.21. The van der Waals surface area contributed by atoms with E-state index in [0.29, 0.717) is 11.3 Å². The van der Waals surface area contributed by atoms with E-state index in [1.165, 1.54) is 18.2 Å². The molecule has 0 unspecified atom stereocenters. The van der Waals surface area contributed by atoms with Gasteiger partial charge in [-0.2, -0.15) is 0 Å². The van der Waals surface area contributed by atoms with E-state index in [9.17, 15) is 23.9 Å². The van der Waals surface area contributed by atoms with E-state index in [2.05, 4.69) is 22.2 Å². The van der Waals surface area contributed by atoms with Gasteiger partial charge < -0.3 is 25.1 Å².